The van der Waals surface area contributed by atoms with E-state index in [9.17, 15) is 13.2 Å². The Morgan fingerprint density at radius 1 is 1.35 bits per heavy atom. The van der Waals surface area contributed by atoms with Crippen LogP contribution in [0.15, 0.2) is 34.7 Å². The van der Waals surface area contributed by atoms with Crippen LogP contribution in [0.3, 0.4) is 0 Å². The lowest BCUT2D eigenvalue weighted by Crippen LogP contribution is -2.27. The van der Waals surface area contributed by atoms with Crippen LogP contribution in [0, 0.1) is 0 Å². The second-order valence-electron chi connectivity index (χ2n) is 5.45. The first-order valence-corrected chi connectivity index (χ1v) is 9.88. The fourth-order valence-electron chi connectivity index (χ4n) is 2.58. The van der Waals surface area contributed by atoms with E-state index in [1.165, 1.54) is 21.4 Å². The van der Waals surface area contributed by atoms with Gasteiger partial charge >= 0.3 is 0 Å². The van der Waals surface area contributed by atoms with Crippen molar-refractivity contribution in [2.24, 2.45) is 0 Å². The largest absolute Gasteiger partial charge is 0.356 e. The fraction of sp³-hybridized carbons (Fsp3) is 0.400. The predicted molar refractivity (Wildman–Crippen MR) is 89.1 cm³/mol. The Morgan fingerprint density at radius 3 is 2.83 bits per heavy atom. The number of nitrogens with one attached hydrogen (secondary N) is 2. The smallest absolute Gasteiger partial charge is 0.267 e. The van der Waals surface area contributed by atoms with Crippen molar-refractivity contribution in [1.29, 1.82) is 0 Å². The number of H-pyrrole nitrogens is 1. The van der Waals surface area contributed by atoms with E-state index in [0.29, 0.717) is 19.6 Å². The van der Waals surface area contributed by atoms with Crippen LogP contribution in [0.4, 0.5) is 0 Å². The van der Waals surface area contributed by atoms with Gasteiger partial charge in [0.1, 0.15) is 10.6 Å². The maximum atomic E-state index is 12.4. The van der Waals surface area contributed by atoms with Crippen molar-refractivity contribution in [3.05, 3.63) is 40.3 Å². The summed E-state index contributed by atoms with van der Waals surface area (Å²) in [5.41, 5.74) is 0.272. The van der Waals surface area contributed by atoms with Gasteiger partial charge in [-0.3, -0.25) is 4.79 Å². The number of nitrogens with zero attached hydrogens (tertiary/aromatic N) is 1. The molecule has 1 aliphatic heterocycles. The Balaban J connectivity index is 1.60. The molecular formula is C15H19N3O3S2. The van der Waals surface area contributed by atoms with Gasteiger partial charge < -0.3 is 10.3 Å². The molecule has 2 aromatic heterocycles. The molecule has 3 rings (SSSR count). The summed E-state index contributed by atoms with van der Waals surface area (Å²) in [4.78, 5) is 16.2. The molecule has 0 radical (unpaired) electrons. The van der Waals surface area contributed by atoms with Crippen LogP contribution in [0.5, 0.6) is 0 Å². The number of aromatic amines is 1. The molecule has 0 aromatic carbocycles. The summed E-state index contributed by atoms with van der Waals surface area (Å²) >= 11 is 1.65. The van der Waals surface area contributed by atoms with Gasteiger partial charge in [-0.25, -0.2) is 8.42 Å². The molecule has 0 unspecified atom stereocenters. The molecule has 0 spiro atoms. The third-order valence-corrected chi connectivity index (χ3v) is 6.65. The molecule has 6 nitrogen and oxygen atoms in total. The maximum Gasteiger partial charge on any atom is 0.267 e. The van der Waals surface area contributed by atoms with Crippen molar-refractivity contribution < 1.29 is 13.2 Å². The monoisotopic (exact) mass is 353 g/mol. The van der Waals surface area contributed by atoms with Gasteiger partial charge in [-0.15, -0.1) is 11.3 Å². The van der Waals surface area contributed by atoms with E-state index >= 15 is 0 Å². The van der Waals surface area contributed by atoms with E-state index in [1.54, 1.807) is 11.3 Å². The van der Waals surface area contributed by atoms with Crippen molar-refractivity contribution in [2.75, 3.05) is 19.6 Å². The number of amides is 1. The Bertz CT molecular complexity index is 760. The Kier molecular flexibility index (Phi) is 4.84. The highest BCUT2D eigenvalue weighted by atomic mass is 32.2. The van der Waals surface area contributed by atoms with Crippen molar-refractivity contribution in [3.63, 3.8) is 0 Å². The number of hydrogen-bond donors (Lipinski definition) is 2. The molecule has 0 aliphatic carbocycles. The molecule has 2 N–H and O–H groups in total. The lowest BCUT2D eigenvalue weighted by atomic mass is 10.3. The van der Waals surface area contributed by atoms with Gasteiger partial charge in [0.2, 0.25) is 10.0 Å². The molecule has 1 amide bonds. The Labute approximate surface area is 139 Å². The Morgan fingerprint density at radius 2 is 2.13 bits per heavy atom. The van der Waals surface area contributed by atoms with Crippen LogP contribution in [0.2, 0.25) is 0 Å². The van der Waals surface area contributed by atoms with E-state index in [4.69, 9.17) is 0 Å². The van der Waals surface area contributed by atoms with Crippen LogP contribution >= 0.6 is 11.3 Å². The SMILES string of the molecule is O=C(NCCc1cccs1)c1cc(S(=O)(=O)N2CCCC2)c[nH]1. The predicted octanol–water partition coefficient (Wildman–Crippen LogP) is 1.83. The molecule has 0 saturated carbocycles. The van der Waals surface area contributed by atoms with Crippen LogP contribution in [-0.4, -0.2) is 43.2 Å². The van der Waals surface area contributed by atoms with Crippen molar-refractivity contribution >= 4 is 27.3 Å². The second-order valence-corrected chi connectivity index (χ2v) is 8.42. The van der Waals surface area contributed by atoms with Crippen molar-refractivity contribution in [3.8, 4) is 0 Å². The summed E-state index contributed by atoms with van der Waals surface area (Å²) in [6.07, 6.45) is 3.93. The normalized spacial score (nSPS) is 15.8. The highest BCUT2D eigenvalue weighted by Gasteiger charge is 2.28. The van der Waals surface area contributed by atoms with Crippen molar-refractivity contribution in [1.82, 2.24) is 14.6 Å². The highest BCUT2D eigenvalue weighted by molar-refractivity contribution is 7.89. The molecule has 0 bridgehead atoms. The first-order chi connectivity index (χ1) is 11.1. The van der Waals surface area contributed by atoms with Gasteiger partial charge in [0, 0.05) is 30.7 Å². The molecule has 1 fully saturated rings. The summed E-state index contributed by atoms with van der Waals surface area (Å²) < 4.78 is 26.3. The number of aromatic nitrogens is 1. The van der Waals surface area contributed by atoms with Gasteiger partial charge in [0.05, 0.1) is 0 Å². The number of sulfonamides is 1. The van der Waals surface area contributed by atoms with Gasteiger partial charge in [-0.05, 0) is 36.8 Å². The zero-order valence-electron chi connectivity index (χ0n) is 12.6. The fourth-order valence-corrected chi connectivity index (χ4v) is 4.80. The first kappa shape index (κ1) is 16.2. The molecular weight excluding hydrogens is 334 g/mol. The number of carbonyl (C=O) groups excluding carboxylic acids is 1. The molecule has 1 aliphatic rings. The minimum atomic E-state index is -3.48. The van der Waals surface area contributed by atoms with E-state index in [1.807, 2.05) is 17.5 Å². The van der Waals surface area contributed by atoms with E-state index in [0.717, 1.165) is 19.3 Å². The molecule has 2 aromatic rings. The van der Waals surface area contributed by atoms with Gasteiger partial charge in [-0.2, -0.15) is 4.31 Å². The van der Waals surface area contributed by atoms with Crippen LogP contribution in [0.1, 0.15) is 28.2 Å². The lowest BCUT2D eigenvalue weighted by molar-refractivity contribution is 0.0950. The summed E-state index contributed by atoms with van der Waals surface area (Å²) in [5, 5.41) is 4.80. The minimum Gasteiger partial charge on any atom is -0.356 e. The van der Waals surface area contributed by atoms with E-state index in [2.05, 4.69) is 10.3 Å². The maximum absolute atomic E-state index is 12.4. The average Bonchev–Trinajstić information content (AvgIpc) is 3.27. The number of rotatable bonds is 6. The van der Waals surface area contributed by atoms with Crippen molar-refractivity contribution in [2.45, 2.75) is 24.2 Å². The van der Waals surface area contributed by atoms with E-state index in [-0.39, 0.29) is 16.5 Å². The van der Waals surface area contributed by atoms with Crippen LogP contribution < -0.4 is 5.32 Å². The molecule has 1 saturated heterocycles. The molecule has 8 heteroatoms. The van der Waals surface area contributed by atoms with Gasteiger partial charge in [0.15, 0.2) is 0 Å². The van der Waals surface area contributed by atoms with Gasteiger partial charge in [-0.1, -0.05) is 6.07 Å². The average molecular weight is 353 g/mol. The molecule has 0 atom stereocenters. The van der Waals surface area contributed by atoms with Gasteiger partial charge in [0.25, 0.3) is 5.91 Å². The standard InChI is InChI=1S/C15H19N3O3S2/c19-15(16-6-5-12-4-3-9-22-12)14-10-13(11-17-14)23(20,21)18-7-1-2-8-18/h3-4,9-11,17H,1-2,5-8H2,(H,16,19). The minimum absolute atomic E-state index is 0.155. The Hall–Kier alpha value is -1.64. The lowest BCUT2D eigenvalue weighted by Gasteiger charge is -2.13. The summed E-state index contributed by atoms with van der Waals surface area (Å²) in [7, 11) is -3.48. The van der Waals surface area contributed by atoms with Crippen LogP contribution in [-0.2, 0) is 16.4 Å². The second kappa shape index (κ2) is 6.86. The number of carbonyl (C=O) groups is 1. The van der Waals surface area contributed by atoms with Crippen LogP contribution in [0.25, 0.3) is 0 Å². The topological polar surface area (TPSA) is 82.3 Å². The third kappa shape index (κ3) is 3.65. The third-order valence-electron chi connectivity index (χ3n) is 3.84. The summed E-state index contributed by atoms with van der Waals surface area (Å²) in [5.74, 6) is -0.288. The quantitative estimate of drug-likeness (QED) is 0.831. The number of hydrogen-bond acceptors (Lipinski definition) is 4. The molecule has 124 valence electrons. The zero-order valence-corrected chi connectivity index (χ0v) is 14.3. The highest BCUT2D eigenvalue weighted by Crippen LogP contribution is 2.21. The summed E-state index contributed by atoms with van der Waals surface area (Å²) in [6.45, 7) is 1.62. The van der Waals surface area contributed by atoms with E-state index < -0.39 is 10.0 Å². The first-order valence-electron chi connectivity index (χ1n) is 7.56. The molecule has 3 heterocycles. The number of thiophene rings is 1. The molecule has 23 heavy (non-hydrogen) atoms. The summed E-state index contributed by atoms with van der Waals surface area (Å²) in [6, 6.07) is 5.41. The zero-order chi connectivity index (χ0) is 16.3.